The Morgan fingerprint density at radius 2 is 1.78 bits per heavy atom. The first kappa shape index (κ1) is 14.7. The molecule has 0 saturated carbocycles. The molecule has 0 aliphatic heterocycles. The molecule has 114 valence electrons. The number of nitrogens with one attached hydrogen (secondary N) is 1. The summed E-state index contributed by atoms with van der Waals surface area (Å²) in [5.41, 5.74) is 1.31. The zero-order chi connectivity index (χ0) is 16.1. The molecule has 3 aromatic rings. The van der Waals surface area contributed by atoms with Crippen LogP contribution in [0.2, 0.25) is 0 Å². The number of benzene rings is 2. The van der Waals surface area contributed by atoms with Gasteiger partial charge in [-0.25, -0.2) is 4.98 Å². The van der Waals surface area contributed by atoms with Gasteiger partial charge in [0.15, 0.2) is 5.89 Å². The van der Waals surface area contributed by atoms with E-state index >= 15 is 0 Å². The summed E-state index contributed by atoms with van der Waals surface area (Å²) < 4.78 is 11.1. The molecule has 0 spiro atoms. The maximum Gasteiger partial charge on any atom is 0.232 e. The quantitative estimate of drug-likeness (QED) is 0.762. The third-order valence-corrected chi connectivity index (χ3v) is 3.20. The molecule has 0 saturated heterocycles. The van der Waals surface area contributed by atoms with Gasteiger partial charge < -0.3 is 14.5 Å². The molecule has 0 amide bonds. The van der Waals surface area contributed by atoms with Gasteiger partial charge in [0.25, 0.3) is 0 Å². The summed E-state index contributed by atoms with van der Waals surface area (Å²) >= 11 is 0. The van der Waals surface area contributed by atoms with E-state index in [1.807, 2.05) is 60.7 Å². The fraction of sp³-hybridized carbons (Fsp3) is 0.111. The number of para-hydroxylation sites is 1. The van der Waals surface area contributed by atoms with Gasteiger partial charge in [0.05, 0.1) is 0 Å². The molecule has 0 unspecified atom stereocenters. The molecule has 1 aromatic heterocycles. The fourth-order valence-corrected chi connectivity index (χ4v) is 2.10. The van der Waals surface area contributed by atoms with Crippen LogP contribution in [0.1, 0.15) is 17.1 Å². The van der Waals surface area contributed by atoms with E-state index in [1.165, 1.54) is 0 Å². The van der Waals surface area contributed by atoms with Crippen LogP contribution in [0.5, 0.6) is 11.5 Å². The molecule has 23 heavy (non-hydrogen) atoms. The van der Waals surface area contributed by atoms with Crippen LogP contribution in [0.25, 0.3) is 0 Å². The number of nitrogens with zero attached hydrogens (tertiary/aromatic N) is 2. The van der Waals surface area contributed by atoms with Gasteiger partial charge in [-0.15, -0.1) is 0 Å². The number of hydrogen-bond acceptors (Lipinski definition) is 5. The Kier molecular flexibility index (Phi) is 4.25. The Balaban J connectivity index is 1.62. The predicted molar refractivity (Wildman–Crippen MR) is 86.2 cm³/mol. The van der Waals surface area contributed by atoms with E-state index in [0.717, 1.165) is 17.1 Å². The summed E-state index contributed by atoms with van der Waals surface area (Å²) in [6.07, 6.45) is 0. The van der Waals surface area contributed by atoms with Crippen molar-refractivity contribution in [1.29, 1.82) is 5.26 Å². The number of rotatable bonds is 5. The first-order chi connectivity index (χ1) is 11.2. The second kappa shape index (κ2) is 6.67. The number of nitriles is 1. The number of hydrogen-bond donors (Lipinski definition) is 1. The van der Waals surface area contributed by atoms with Gasteiger partial charge in [-0.2, -0.15) is 5.26 Å². The second-order valence-electron chi connectivity index (χ2n) is 4.94. The Hall–Kier alpha value is -3.26. The molecule has 0 radical (unpaired) electrons. The minimum absolute atomic E-state index is 0.270. The van der Waals surface area contributed by atoms with Gasteiger partial charge in [-0.05, 0) is 29.8 Å². The maximum absolute atomic E-state index is 8.98. The molecule has 3 rings (SSSR count). The van der Waals surface area contributed by atoms with E-state index in [2.05, 4.69) is 10.3 Å². The van der Waals surface area contributed by atoms with E-state index in [1.54, 1.807) is 6.92 Å². The van der Waals surface area contributed by atoms with Crippen LogP contribution in [-0.4, -0.2) is 4.98 Å². The number of aromatic nitrogens is 1. The van der Waals surface area contributed by atoms with Crippen LogP contribution in [0, 0.1) is 18.3 Å². The highest BCUT2D eigenvalue weighted by Gasteiger charge is 2.09. The Bertz CT molecular complexity index is 818. The monoisotopic (exact) mass is 305 g/mol. The highest BCUT2D eigenvalue weighted by Crippen LogP contribution is 2.22. The minimum atomic E-state index is 0.270. The van der Waals surface area contributed by atoms with Crippen LogP contribution in [0.3, 0.4) is 0 Å². The fourth-order valence-electron chi connectivity index (χ4n) is 2.10. The molecule has 1 N–H and O–H groups in total. The predicted octanol–water partition coefficient (Wildman–Crippen LogP) is 4.26. The summed E-state index contributed by atoms with van der Waals surface area (Å²) in [7, 11) is 0. The third-order valence-electron chi connectivity index (χ3n) is 3.20. The average Bonchev–Trinajstić information content (AvgIpc) is 2.95. The van der Waals surface area contributed by atoms with Gasteiger partial charge in [0.1, 0.15) is 17.6 Å². The summed E-state index contributed by atoms with van der Waals surface area (Å²) in [6.45, 7) is 2.25. The number of aryl methyl sites for hydroxylation is 1. The van der Waals surface area contributed by atoms with E-state index in [9.17, 15) is 0 Å². The van der Waals surface area contributed by atoms with Crippen molar-refractivity contribution in [1.82, 2.24) is 4.98 Å². The molecule has 5 nitrogen and oxygen atoms in total. The first-order valence-electron chi connectivity index (χ1n) is 7.18. The standard InChI is InChI=1S/C18H15N3O2/c1-13-21-17(11-19)18(22-13)20-12-14-7-9-16(10-8-14)23-15-5-3-2-4-6-15/h2-10,20H,12H2,1H3. The summed E-state index contributed by atoms with van der Waals surface area (Å²) in [5, 5.41) is 12.1. The molecule has 1 heterocycles. The molecular formula is C18H15N3O2. The van der Waals surface area contributed by atoms with Crippen molar-refractivity contribution in [2.75, 3.05) is 5.32 Å². The topological polar surface area (TPSA) is 71.1 Å². The lowest BCUT2D eigenvalue weighted by Gasteiger charge is -2.07. The summed E-state index contributed by atoms with van der Waals surface area (Å²) in [5.74, 6) is 2.44. The van der Waals surface area contributed by atoms with Crippen molar-refractivity contribution in [2.24, 2.45) is 0 Å². The normalized spacial score (nSPS) is 10.1. The van der Waals surface area contributed by atoms with Gasteiger partial charge >= 0.3 is 0 Å². The first-order valence-corrected chi connectivity index (χ1v) is 7.18. The lowest BCUT2D eigenvalue weighted by Crippen LogP contribution is -1.99. The van der Waals surface area contributed by atoms with E-state index in [0.29, 0.717) is 18.3 Å². The third kappa shape index (κ3) is 3.69. The Labute approximate surface area is 134 Å². The van der Waals surface area contributed by atoms with Crippen molar-refractivity contribution in [2.45, 2.75) is 13.5 Å². The smallest absolute Gasteiger partial charge is 0.232 e. The zero-order valence-corrected chi connectivity index (χ0v) is 12.6. The van der Waals surface area contributed by atoms with Crippen molar-refractivity contribution < 1.29 is 9.15 Å². The highest BCUT2D eigenvalue weighted by atomic mass is 16.5. The van der Waals surface area contributed by atoms with Crippen molar-refractivity contribution in [3.05, 3.63) is 71.7 Å². The summed E-state index contributed by atoms with van der Waals surface area (Å²) in [6, 6.07) is 19.3. The van der Waals surface area contributed by atoms with Crippen molar-refractivity contribution in [3.63, 3.8) is 0 Å². The van der Waals surface area contributed by atoms with Gasteiger partial charge in [0.2, 0.25) is 11.6 Å². The molecule has 0 atom stereocenters. The zero-order valence-electron chi connectivity index (χ0n) is 12.6. The lowest BCUT2D eigenvalue weighted by molar-refractivity contribution is 0.482. The van der Waals surface area contributed by atoms with Crippen LogP contribution < -0.4 is 10.1 Å². The van der Waals surface area contributed by atoms with Crippen molar-refractivity contribution >= 4 is 5.88 Å². The number of anilines is 1. The van der Waals surface area contributed by atoms with Gasteiger partial charge in [-0.1, -0.05) is 30.3 Å². The molecule has 0 bridgehead atoms. The highest BCUT2D eigenvalue weighted by molar-refractivity contribution is 5.46. The van der Waals surface area contributed by atoms with E-state index in [4.69, 9.17) is 14.4 Å². The minimum Gasteiger partial charge on any atom is -0.457 e. The average molecular weight is 305 g/mol. The lowest BCUT2D eigenvalue weighted by atomic mass is 10.2. The molecule has 5 heteroatoms. The molecular weight excluding hydrogens is 290 g/mol. The van der Waals surface area contributed by atoms with E-state index in [-0.39, 0.29) is 5.69 Å². The van der Waals surface area contributed by atoms with Crippen molar-refractivity contribution in [3.8, 4) is 17.6 Å². The van der Waals surface area contributed by atoms with Crippen LogP contribution in [-0.2, 0) is 6.54 Å². The number of ether oxygens (including phenoxy) is 1. The molecule has 0 aliphatic rings. The van der Waals surface area contributed by atoms with Crippen LogP contribution >= 0.6 is 0 Å². The van der Waals surface area contributed by atoms with E-state index < -0.39 is 0 Å². The van der Waals surface area contributed by atoms with Gasteiger partial charge in [-0.3, -0.25) is 0 Å². The Morgan fingerprint density at radius 1 is 1.09 bits per heavy atom. The van der Waals surface area contributed by atoms with Gasteiger partial charge in [0, 0.05) is 13.5 Å². The van der Waals surface area contributed by atoms with Crippen LogP contribution in [0.4, 0.5) is 5.88 Å². The Morgan fingerprint density at radius 3 is 2.48 bits per heavy atom. The molecule has 2 aromatic carbocycles. The maximum atomic E-state index is 8.98. The molecule has 0 aliphatic carbocycles. The molecule has 0 fully saturated rings. The summed E-state index contributed by atoms with van der Waals surface area (Å²) in [4.78, 5) is 3.99. The SMILES string of the molecule is Cc1nc(C#N)c(NCc2ccc(Oc3ccccc3)cc2)o1. The second-order valence-corrected chi connectivity index (χ2v) is 4.94. The van der Waals surface area contributed by atoms with Crippen LogP contribution in [0.15, 0.2) is 59.0 Å². The number of oxazole rings is 1. The largest absolute Gasteiger partial charge is 0.457 e.